The fourth-order valence-electron chi connectivity index (χ4n) is 3.70. The number of carbonyl (C=O) groups is 1. The van der Waals surface area contributed by atoms with Gasteiger partial charge in [0.25, 0.3) is 5.91 Å². The van der Waals surface area contributed by atoms with E-state index in [1.54, 1.807) is 29.8 Å². The maximum absolute atomic E-state index is 13.4. The van der Waals surface area contributed by atoms with Crippen LogP contribution in [0.1, 0.15) is 23.4 Å². The van der Waals surface area contributed by atoms with Crippen molar-refractivity contribution in [2.75, 3.05) is 10.6 Å². The minimum Gasteiger partial charge on any atom is -0.328 e. The first-order valence-corrected chi connectivity index (χ1v) is 10.7. The van der Waals surface area contributed by atoms with Crippen molar-refractivity contribution in [2.24, 2.45) is 0 Å². The van der Waals surface area contributed by atoms with Crippen LogP contribution in [0.2, 0.25) is 0 Å². The Bertz CT molecular complexity index is 1280. The lowest BCUT2D eigenvalue weighted by molar-refractivity contribution is -0.113. The van der Waals surface area contributed by atoms with Crippen molar-refractivity contribution in [3.63, 3.8) is 0 Å². The molecule has 154 valence electrons. The van der Waals surface area contributed by atoms with Gasteiger partial charge in [0.15, 0.2) is 5.82 Å². The Kier molecular flexibility index (Phi) is 4.83. The zero-order chi connectivity index (χ0) is 21.4. The maximum atomic E-state index is 13.4. The molecule has 0 saturated heterocycles. The van der Waals surface area contributed by atoms with Gasteiger partial charge in [0.1, 0.15) is 6.04 Å². The molecule has 8 heteroatoms. The van der Waals surface area contributed by atoms with Crippen LogP contribution >= 0.6 is 11.3 Å². The number of anilines is 2. The molecule has 1 aliphatic rings. The van der Waals surface area contributed by atoms with Gasteiger partial charge < -0.3 is 10.6 Å². The van der Waals surface area contributed by atoms with Gasteiger partial charge in [-0.15, -0.1) is 16.4 Å². The van der Waals surface area contributed by atoms with Crippen molar-refractivity contribution in [1.82, 2.24) is 19.7 Å². The molecular formula is C23H20N6OS. The summed E-state index contributed by atoms with van der Waals surface area (Å²) in [4.78, 5) is 23.2. The van der Waals surface area contributed by atoms with Gasteiger partial charge in [0, 0.05) is 22.3 Å². The van der Waals surface area contributed by atoms with Crippen LogP contribution in [0.25, 0.3) is 11.4 Å². The molecule has 0 saturated carbocycles. The number of aryl methyl sites for hydroxylation is 1. The van der Waals surface area contributed by atoms with Gasteiger partial charge in [-0.3, -0.25) is 9.78 Å². The number of benzene rings is 1. The molecule has 1 atom stereocenters. The molecule has 4 aromatic rings. The lowest BCUT2D eigenvalue weighted by Crippen LogP contribution is -2.31. The summed E-state index contributed by atoms with van der Waals surface area (Å²) in [6.45, 7) is 3.95. The van der Waals surface area contributed by atoms with Gasteiger partial charge in [0.05, 0.1) is 17.5 Å². The van der Waals surface area contributed by atoms with Gasteiger partial charge in [-0.1, -0.05) is 30.3 Å². The number of pyridine rings is 1. The highest BCUT2D eigenvalue weighted by Crippen LogP contribution is 2.40. The molecule has 0 spiro atoms. The number of hydrogen-bond donors (Lipinski definition) is 2. The van der Waals surface area contributed by atoms with Gasteiger partial charge in [-0.25, -0.2) is 4.68 Å². The predicted molar refractivity (Wildman–Crippen MR) is 122 cm³/mol. The molecule has 0 aliphatic carbocycles. The Hall–Kier alpha value is -3.78. The van der Waals surface area contributed by atoms with Crippen LogP contribution < -0.4 is 10.6 Å². The highest BCUT2D eigenvalue weighted by Gasteiger charge is 2.36. The third-order valence-electron chi connectivity index (χ3n) is 5.20. The van der Waals surface area contributed by atoms with Crippen molar-refractivity contribution in [3.05, 3.63) is 88.0 Å². The van der Waals surface area contributed by atoms with Gasteiger partial charge in [-0.2, -0.15) is 4.98 Å². The predicted octanol–water partition coefficient (Wildman–Crippen LogP) is 4.64. The number of fused-ring (bicyclic) bond motifs is 1. The molecule has 1 amide bonds. The van der Waals surface area contributed by atoms with Crippen molar-refractivity contribution in [3.8, 4) is 11.4 Å². The number of aromatic nitrogens is 4. The molecule has 3 aromatic heterocycles. The lowest BCUT2D eigenvalue weighted by atomic mass is 9.99. The van der Waals surface area contributed by atoms with Crippen molar-refractivity contribution in [1.29, 1.82) is 0 Å². The molecule has 1 unspecified atom stereocenters. The molecule has 0 bridgehead atoms. The monoisotopic (exact) mass is 428 g/mol. The topological polar surface area (TPSA) is 84.7 Å². The molecule has 31 heavy (non-hydrogen) atoms. The normalized spacial score (nSPS) is 15.4. The van der Waals surface area contributed by atoms with E-state index in [4.69, 9.17) is 10.1 Å². The Balaban J connectivity index is 1.61. The summed E-state index contributed by atoms with van der Waals surface area (Å²) in [5.41, 5.74) is 4.03. The summed E-state index contributed by atoms with van der Waals surface area (Å²) in [6.07, 6.45) is 3.30. The summed E-state index contributed by atoms with van der Waals surface area (Å²) in [7, 11) is 0. The molecule has 7 nitrogen and oxygen atoms in total. The minimum absolute atomic E-state index is 0.196. The third kappa shape index (κ3) is 3.51. The summed E-state index contributed by atoms with van der Waals surface area (Å²) in [5, 5.41) is 13.1. The first kappa shape index (κ1) is 19.2. The molecule has 4 heterocycles. The summed E-state index contributed by atoms with van der Waals surface area (Å²) < 4.78 is 1.81. The highest BCUT2D eigenvalue weighted by atomic mass is 32.1. The van der Waals surface area contributed by atoms with Crippen molar-refractivity contribution < 1.29 is 4.79 Å². The second-order valence-corrected chi connectivity index (χ2v) is 8.25. The average molecular weight is 429 g/mol. The van der Waals surface area contributed by atoms with E-state index in [0.29, 0.717) is 23.0 Å². The number of thiophene rings is 1. The van der Waals surface area contributed by atoms with E-state index in [-0.39, 0.29) is 11.9 Å². The van der Waals surface area contributed by atoms with Crippen molar-refractivity contribution in [2.45, 2.75) is 19.9 Å². The standard InChI is InChI=1S/C23H20N6OS/c1-14-10-12-31-20(14)19-18(22(30)26-17-9-6-11-24-13-17)15(2)25-23-27-21(28-29(19)23)16-7-4-3-5-8-16/h3-13,19H,1-2H3,(H,26,30)(H,25,27,28). The Labute approximate surface area is 183 Å². The van der Waals surface area contributed by atoms with Crippen LogP contribution in [0.5, 0.6) is 0 Å². The fourth-order valence-corrected chi connectivity index (χ4v) is 4.72. The SMILES string of the molecule is CC1=C(C(=O)Nc2cccnc2)C(c2sccc2C)n2nc(-c3ccccc3)nc2N1. The smallest absolute Gasteiger partial charge is 0.255 e. The van der Waals surface area contributed by atoms with E-state index in [9.17, 15) is 4.79 Å². The number of rotatable bonds is 4. The third-order valence-corrected chi connectivity index (χ3v) is 6.27. The van der Waals surface area contributed by atoms with E-state index in [0.717, 1.165) is 21.7 Å². The summed E-state index contributed by atoms with van der Waals surface area (Å²) in [6, 6.07) is 15.1. The van der Waals surface area contributed by atoms with Crippen LogP contribution in [0, 0.1) is 6.92 Å². The maximum Gasteiger partial charge on any atom is 0.255 e. The van der Waals surface area contributed by atoms with Gasteiger partial charge in [-0.05, 0) is 43.0 Å². The minimum atomic E-state index is -0.377. The van der Waals surface area contributed by atoms with Crippen LogP contribution in [-0.2, 0) is 4.79 Å². The Morgan fingerprint density at radius 1 is 1.13 bits per heavy atom. The average Bonchev–Trinajstić information content (AvgIpc) is 3.40. The molecule has 5 rings (SSSR count). The fraction of sp³-hybridized carbons (Fsp3) is 0.130. The number of nitrogens with zero attached hydrogens (tertiary/aromatic N) is 4. The first-order chi connectivity index (χ1) is 15.1. The molecule has 0 fully saturated rings. The number of allylic oxidation sites excluding steroid dienone is 1. The molecule has 1 aliphatic heterocycles. The van der Waals surface area contributed by atoms with Crippen LogP contribution in [-0.4, -0.2) is 25.7 Å². The second-order valence-electron chi connectivity index (χ2n) is 7.30. The summed E-state index contributed by atoms with van der Waals surface area (Å²) >= 11 is 1.61. The number of hydrogen-bond acceptors (Lipinski definition) is 6. The number of carbonyl (C=O) groups excluding carboxylic acids is 1. The first-order valence-electron chi connectivity index (χ1n) is 9.87. The van der Waals surface area contributed by atoms with Gasteiger partial charge in [0.2, 0.25) is 5.95 Å². The van der Waals surface area contributed by atoms with Crippen LogP contribution in [0.3, 0.4) is 0 Å². The quantitative estimate of drug-likeness (QED) is 0.495. The lowest BCUT2D eigenvalue weighted by Gasteiger charge is -2.28. The number of amides is 1. The van der Waals surface area contributed by atoms with Crippen molar-refractivity contribution >= 4 is 28.9 Å². The summed E-state index contributed by atoms with van der Waals surface area (Å²) in [5.74, 6) is 1.04. The van der Waals surface area contributed by atoms with Crippen LogP contribution in [0.15, 0.2) is 77.6 Å². The Morgan fingerprint density at radius 2 is 1.97 bits per heavy atom. The zero-order valence-electron chi connectivity index (χ0n) is 17.0. The molecule has 1 aromatic carbocycles. The van der Waals surface area contributed by atoms with E-state index in [1.807, 2.05) is 53.4 Å². The van der Waals surface area contributed by atoms with E-state index in [2.05, 4.69) is 28.6 Å². The highest BCUT2D eigenvalue weighted by molar-refractivity contribution is 7.10. The molecule has 2 N–H and O–H groups in total. The van der Waals surface area contributed by atoms with Gasteiger partial charge >= 0.3 is 0 Å². The van der Waals surface area contributed by atoms with E-state index >= 15 is 0 Å². The second kappa shape index (κ2) is 7.81. The zero-order valence-corrected chi connectivity index (χ0v) is 17.9. The number of nitrogens with one attached hydrogen (secondary N) is 2. The molecular weight excluding hydrogens is 408 g/mol. The van der Waals surface area contributed by atoms with E-state index < -0.39 is 0 Å². The van der Waals surface area contributed by atoms with Crippen LogP contribution in [0.4, 0.5) is 11.6 Å². The Morgan fingerprint density at radius 3 is 2.68 bits per heavy atom. The van der Waals surface area contributed by atoms with E-state index in [1.165, 1.54) is 0 Å². The molecule has 0 radical (unpaired) electrons. The largest absolute Gasteiger partial charge is 0.328 e.